The Kier molecular flexibility index (Phi) is 6.04. The number of hydrogen-bond acceptors (Lipinski definition) is 5. The van der Waals surface area contributed by atoms with E-state index in [0.717, 1.165) is 11.1 Å². The summed E-state index contributed by atoms with van der Waals surface area (Å²) >= 11 is 0. The molecule has 0 spiro atoms. The predicted octanol–water partition coefficient (Wildman–Crippen LogP) is 2.38. The maximum Gasteiger partial charge on any atom is 0.308 e. The van der Waals surface area contributed by atoms with Gasteiger partial charge in [0.15, 0.2) is 0 Å². The van der Waals surface area contributed by atoms with Crippen LogP contribution < -0.4 is 4.74 Å². The maximum absolute atomic E-state index is 13.0. The van der Waals surface area contributed by atoms with Crippen LogP contribution in [0.4, 0.5) is 0 Å². The van der Waals surface area contributed by atoms with Gasteiger partial charge in [0, 0.05) is 38.7 Å². The van der Waals surface area contributed by atoms with E-state index < -0.39 is 16.0 Å². The third-order valence-corrected chi connectivity index (χ3v) is 6.90. The van der Waals surface area contributed by atoms with Crippen LogP contribution in [-0.2, 0) is 14.8 Å². The first-order valence-corrected chi connectivity index (χ1v) is 10.8. The molecule has 0 radical (unpaired) electrons. The van der Waals surface area contributed by atoms with Crippen molar-refractivity contribution in [3.8, 4) is 5.75 Å². The van der Waals surface area contributed by atoms with Gasteiger partial charge in [-0.05, 0) is 49.7 Å². The third-order valence-electron chi connectivity index (χ3n) is 4.84. The van der Waals surface area contributed by atoms with Crippen LogP contribution >= 0.6 is 0 Å². The topological polar surface area (TPSA) is 84.0 Å². The van der Waals surface area contributed by atoms with E-state index in [1.54, 1.807) is 48.2 Å². The minimum atomic E-state index is -3.59. The van der Waals surface area contributed by atoms with Crippen LogP contribution in [0.15, 0.2) is 47.4 Å². The molecule has 8 heteroatoms. The summed E-state index contributed by atoms with van der Waals surface area (Å²) in [4.78, 5) is 25.6. The molecule has 2 aromatic carbocycles. The highest BCUT2D eigenvalue weighted by molar-refractivity contribution is 7.89. The molecule has 0 unspecified atom stereocenters. The monoisotopic (exact) mass is 416 g/mol. The van der Waals surface area contributed by atoms with Gasteiger partial charge >= 0.3 is 5.97 Å². The quantitative estimate of drug-likeness (QED) is 0.564. The van der Waals surface area contributed by atoms with Gasteiger partial charge in [0.25, 0.3) is 5.91 Å². The van der Waals surface area contributed by atoms with E-state index in [1.165, 1.54) is 11.2 Å². The Morgan fingerprint density at radius 3 is 2.10 bits per heavy atom. The first kappa shape index (κ1) is 21.0. The fourth-order valence-corrected chi connectivity index (χ4v) is 5.00. The summed E-state index contributed by atoms with van der Waals surface area (Å²) in [5.41, 5.74) is 2.19. The van der Waals surface area contributed by atoms with E-state index in [-0.39, 0.29) is 19.0 Å². The number of carbonyl (C=O) groups excluding carboxylic acids is 2. The summed E-state index contributed by atoms with van der Waals surface area (Å²) in [5.74, 6) is -0.230. The van der Waals surface area contributed by atoms with Crippen LogP contribution in [0.3, 0.4) is 0 Å². The lowest BCUT2D eigenvalue weighted by Crippen LogP contribution is -2.50. The summed E-state index contributed by atoms with van der Waals surface area (Å²) in [6, 6.07) is 11.6. The summed E-state index contributed by atoms with van der Waals surface area (Å²) < 4.78 is 32.3. The molecule has 1 amide bonds. The van der Waals surface area contributed by atoms with Crippen molar-refractivity contribution in [1.29, 1.82) is 0 Å². The van der Waals surface area contributed by atoms with Crippen molar-refractivity contribution >= 4 is 21.9 Å². The highest BCUT2D eigenvalue weighted by atomic mass is 32.2. The zero-order valence-electron chi connectivity index (χ0n) is 16.7. The SMILES string of the molecule is CC(=O)Oc1ccc(C(=O)N2CCN(S(=O)(=O)c3ccc(C)cc3C)CC2)cc1. The van der Waals surface area contributed by atoms with Crippen LogP contribution in [-0.4, -0.2) is 55.7 Å². The molecule has 1 saturated heterocycles. The Morgan fingerprint density at radius 2 is 1.55 bits per heavy atom. The maximum atomic E-state index is 13.0. The number of nitrogens with zero attached hydrogens (tertiary/aromatic N) is 2. The first-order chi connectivity index (χ1) is 13.7. The molecular formula is C21H24N2O5S. The Hall–Kier alpha value is -2.71. The van der Waals surface area contributed by atoms with E-state index >= 15 is 0 Å². The van der Waals surface area contributed by atoms with Crippen molar-refractivity contribution in [2.75, 3.05) is 26.2 Å². The van der Waals surface area contributed by atoms with Crippen molar-refractivity contribution in [3.63, 3.8) is 0 Å². The molecule has 3 rings (SSSR count). The first-order valence-electron chi connectivity index (χ1n) is 9.33. The molecular weight excluding hydrogens is 392 g/mol. The summed E-state index contributed by atoms with van der Waals surface area (Å²) in [6.07, 6.45) is 0. The fraction of sp³-hybridized carbons (Fsp3) is 0.333. The molecule has 7 nitrogen and oxygen atoms in total. The number of amides is 1. The number of sulfonamides is 1. The predicted molar refractivity (Wildman–Crippen MR) is 108 cm³/mol. The summed E-state index contributed by atoms with van der Waals surface area (Å²) in [7, 11) is -3.59. The van der Waals surface area contributed by atoms with Gasteiger partial charge in [-0.15, -0.1) is 0 Å². The molecule has 1 aliphatic heterocycles. The van der Waals surface area contributed by atoms with Gasteiger partial charge in [0.1, 0.15) is 5.75 Å². The number of rotatable bonds is 4. The van der Waals surface area contributed by atoms with Crippen molar-refractivity contribution in [3.05, 3.63) is 59.2 Å². The standard InChI is InChI=1S/C21H24N2O5S/c1-15-4-9-20(16(2)14-15)29(26,27)23-12-10-22(11-13-23)21(25)18-5-7-19(8-6-18)28-17(3)24/h4-9,14H,10-13H2,1-3H3. The zero-order chi connectivity index (χ0) is 21.2. The molecule has 0 saturated carbocycles. The molecule has 1 heterocycles. The number of esters is 1. The average molecular weight is 416 g/mol. The molecule has 1 aliphatic rings. The van der Waals surface area contributed by atoms with Gasteiger partial charge in [-0.25, -0.2) is 8.42 Å². The van der Waals surface area contributed by atoms with E-state index in [2.05, 4.69) is 0 Å². The van der Waals surface area contributed by atoms with Crippen LogP contribution in [0.1, 0.15) is 28.4 Å². The van der Waals surface area contributed by atoms with Crippen molar-refractivity contribution in [2.24, 2.45) is 0 Å². The highest BCUT2D eigenvalue weighted by Gasteiger charge is 2.31. The number of hydrogen-bond donors (Lipinski definition) is 0. The lowest BCUT2D eigenvalue weighted by Gasteiger charge is -2.34. The van der Waals surface area contributed by atoms with Crippen LogP contribution in [0.25, 0.3) is 0 Å². The summed E-state index contributed by atoms with van der Waals surface area (Å²) in [6.45, 7) is 6.14. The second-order valence-electron chi connectivity index (χ2n) is 7.08. The van der Waals surface area contributed by atoms with Gasteiger partial charge in [-0.1, -0.05) is 17.7 Å². The molecule has 0 bridgehead atoms. The molecule has 0 aliphatic carbocycles. The molecule has 0 N–H and O–H groups in total. The van der Waals surface area contributed by atoms with E-state index in [4.69, 9.17) is 4.74 Å². The second kappa shape index (κ2) is 8.34. The van der Waals surface area contributed by atoms with Gasteiger partial charge in [0.2, 0.25) is 10.0 Å². The fourth-order valence-electron chi connectivity index (χ4n) is 3.37. The van der Waals surface area contributed by atoms with Gasteiger partial charge < -0.3 is 9.64 Å². The van der Waals surface area contributed by atoms with Crippen molar-refractivity contribution in [1.82, 2.24) is 9.21 Å². The average Bonchev–Trinajstić information content (AvgIpc) is 2.67. The summed E-state index contributed by atoms with van der Waals surface area (Å²) in [5, 5.41) is 0. The molecule has 2 aromatic rings. The Bertz CT molecular complexity index is 1020. The van der Waals surface area contributed by atoms with Crippen LogP contribution in [0.2, 0.25) is 0 Å². The lowest BCUT2D eigenvalue weighted by molar-refractivity contribution is -0.131. The molecule has 0 atom stereocenters. The van der Waals surface area contributed by atoms with Crippen LogP contribution in [0.5, 0.6) is 5.75 Å². The zero-order valence-corrected chi connectivity index (χ0v) is 17.5. The minimum absolute atomic E-state index is 0.178. The minimum Gasteiger partial charge on any atom is -0.427 e. The second-order valence-corrected chi connectivity index (χ2v) is 8.99. The van der Waals surface area contributed by atoms with Gasteiger partial charge in [-0.2, -0.15) is 4.31 Å². The number of carbonyl (C=O) groups is 2. The van der Waals surface area contributed by atoms with Crippen molar-refractivity contribution < 1.29 is 22.7 Å². The largest absolute Gasteiger partial charge is 0.427 e. The number of aryl methyl sites for hydroxylation is 2. The Morgan fingerprint density at radius 1 is 0.931 bits per heavy atom. The molecule has 29 heavy (non-hydrogen) atoms. The molecule has 0 aromatic heterocycles. The number of piperazine rings is 1. The Labute approximate surface area is 170 Å². The van der Waals surface area contributed by atoms with E-state index in [9.17, 15) is 18.0 Å². The van der Waals surface area contributed by atoms with E-state index in [0.29, 0.717) is 29.3 Å². The van der Waals surface area contributed by atoms with Gasteiger partial charge in [0.05, 0.1) is 4.90 Å². The Balaban J connectivity index is 1.66. The number of ether oxygens (including phenoxy) is 1. The van der Waals surface area contributed by atoms with Crippen LogP contribution in [0, 0.1) is 13.8 Å². The third kappa shape index (κ3) is 4.65. The number of benzene rings is 2. The lowest BCUT2D eigenvalue weighted by atomic mass is 10.2. The van der Waals surface area contributed by atoms with E-state index in [1.807, 2.05) is 13.0 Å². The molecule has 1 fully saturated rings. The molecule has 154 valence electrons. The smallest absolute Gasteiger partial charge is 0.308 e. The highest BCUT2D eigenvalue weighted by Crippen LogP contribution is 2.23. The normalized spacial score (nSPS) is 15.2. The van der Waals surface area contributed by atoms with Crippen molar-refractivity contribution in [2.45, 2.75) is 25.7 Å². The van der Waals surface area contributed by atoms with Gasteiger partial charge in [-0.3, -0.25) is 9.59 Å².